The zero-order valence-corrected chi connectivity index (χ0v) is 12.2. The molecule has 0 aliphatic rings. The van der Waals surface area contributed by atoms with Gasteiger partial charge < -0.3 is 10.1 Å². The third kappa shape index (κ3) is 3.15. The molecule has 0 amide bonds. The highest BCUT2D eigenvalue weighted by Crippen LogP contribution is 2.28. The maximum Gasteiger partial charge on any atom is 0.269 e. The quantitative estimate of drug-likeness (QED) is 0.674. The molecule has 6 nitrogen and oxygen atoms in total. The molecule has 22 heavy (non-hydrogen) atoms. The highest BCUT2D eigenvalue weighted by molar-refractivity contribution is 5.53. The second kappa shape index (κ2) is 6.14. The molecule has 1 unspecified atom stereocenters. The van der Waals surface area contributed by atoms with Crippen LogP contribution >= 0.6 is 0 Å². The Bertz CT molecular complexity index is 705. The molecule has 112 valence electrons. The van der Waals surface area contributed by atoms with Gasteiger partial charge in [0.25, 0.3) is 5.69 Å². The van der Waals surface area contributed by atoms with Gasteiger partial charge in [0.15, 0.2) is 0 Å². The van der Waals surface area contributed by atoms with Gasteiger partial charge in [-0.2, -0.15) is 5.26 Å². The van der Waals surface area contributed by atoms with E-state index in [4.69, 9.17) is 4.74 Å². The lowest BCUT2D eigenvalue weighted by Crippen LogP contribution is -2.29. The largest absolute Gasteiger partial charge is 0.497 e. The Morgan fingerprint density at radius 3 is 2.23 bits per heavy atom. The van der Waals surface area contributed by atoms with Gasteiger partial charge in [-0.25, -0.2) is 0 Å². The number of anilines is 1. The van der Waals surface area contributed by atoms with E-state index in [2.05, 4.69) is 11.4 Å². The van der Waals surface area contributed by atoms with Gasteiger partial charge in [-0.15, -0.1) is 0 Å². The topological polar surface area (TPSA) is 88.2 Å². The van der Waals surface area contributed by atoms with Crippen molar-refractivity contribution in [2.24, 2.45) is 0 Å². The second-order valence-corrected chi connectivity index (χ2v) is 4.89. The van der Waals surface area contributed by atoms with Crippen molar-refractivity contribution in [3.05, 3.63) is 64.2 Å². The first-order valence-corrected chi connectivity index (χ1v) is 6.57. The number of nitro benzene ring substituents is 1. The Labute approximate surface area is 128 Å². The molecular weight excluding hydrogens is 282 g/mol. The van der Waals surface area contributed by atoms with E-state index in [0.717, 1.165) is 11.4 Å². The van der Waals surface area contributed by atoms with E-state index in [1.165, 1.54) is 12.1 Å². The fraction of sp³-hybridized carbons (Fsp3) is 0.188. The Kier molecular flexibility index (Phi) is 4.28. The molecule has 0 heterocycles. The average molecular weight is 297 g/mol. The van der Waals surface area contributed by atoms with Crippen molar-refractivity contribution in [3.63, 3.8) is 0 Å². The van der Waals surface area contributed by atoms with Gasteiger partial charge in [0.2, 0.25) is 0 Å². The summed E-state index contributed by atoms with van der Waals surface area (Å²) in [6, 6.07) is 15.3. The molecule has 2 rings (SSSR count). The molecule has 2 aromatic rings. The summed E-state index contributed by atoms with van der Waals surface area (Å²) in [7, 11) is 1.58. The monoisotopic (exact) mass is 297 g/mol. The van der Waals surface area contributed by atoms with Crippen LogP contribution in [0.4, 0.5) is 11.4 Å². The summed E-state index contributed by atoms with van der Waals surface area (Å²) in [6.07, 6.45) is 0. The summed E-state index contributed by atoms with van der Waals surface area (Å²) in [4.78, 5) is 10.2. The molecule has 0 spiro atoms. The van der Waals surface area contributed by atoms with Gasteiger partial charge in [0.1, 0.15) is 11.3 Å². The summed E-state index contributed by atoms with van der Waals surface area (Å²) >= 11 is 0. The zero-order valence-electron chi connectivity index (χ0n) is 12.2. The predicted octanol–water partition coefficient (Wildman–Crippen LogP) is 3.45. The van der Waals surface area contributed by atoms with Crippen LogP contribution in [0, 0.1) is 21.4 Å². The minimum atomic E-state index is -0.996. The SMILES string of the molecule is COc1ccc(NC(C)(C#N)c2ccc([N+](=O)[O-])cc2)cc1. The maximum absolute atomic E-state index is 10.7. The van der Waals surface area contributed by atoms with Crippen molar-refractivity contribution < 1.29 is 9.66 Å². The number of ether oxygens (including phenoxy) is 1. The van der Waals surface area contributed by atoms with Gasteiger partial charge >= 0.3 is 0 Å². The first-order valence-electron chi connectivity index (χ1n) is 6.57. The van der Waals surface area contributed by atoms with E-state index in [-0.39, 0.29) is 5.69 Å². The fourth-order valence-electron chi connectivity index (χ4n) is 2.04. The molecule has 0 aliphatic carbocycles. The predicted molar refractivity (Wildman–Crippen MR) is 82.7 cm³/mol. The number of hydrogen-bond acceptors (Lipinski definition) is 5. The molecule has 0 bridgehead atoms. The van der Waals surface area contributed by atoms with Crippen LogP contribution in [-0.4, -0.2) is 12.0 Å². The minimum absolute atomic E-state index is 0.00603. The van der Waals surface area contributed by atoms with Crippen LogP contribution < -0.4 is 10.1 Å². The van der Waals surface area contributed by atoms with Crippen LogP contribution in [0.3, 0.4) is 0 Å². The third-order valence-electron chi connectivity index (χ3n) is 3.36. The smallest absolute Gasteiger partial charge is 0.269 e. The molecule has 0 aromatic heterocycles. The van der Waals surface area contributed by atoms with Crippen molar-refractivity contribution in [1.82, 2.24) is 0 Å². The summed E-state index contributed by atoms with van der Waals surface area (Å²) in [5, 5.41) is 23.3. The molecule has 0 fully saturated rings. The number of nitriles is 1. The normalized spacial score (nSPS) is 12.8. The number of methoxy groups -OCH3 is 1. The number of nitro groups is 1. The summed E-state index contributed by atoms with van der Waals surface area (Å²) in [6.45, 7) is 1.72. The number of hydrogen-bond donors (Lipinski definition) is 1. The number of nitrogens with zero attached hydrogens (tertiary/aromatic N) is 2. The van der Waals surface area contributed by atoms with Crippen molar-refractivity contribution >= 4 is 11.4 Å². The van der Waals surface area contributed by atoms with Crippen molar-refractivity contribution in [3.8, 4) is 11.8 Å². The molecule has 0 radical (unpaired) electrons. The minimum Gasteiger partial charge on any atom is -0.497 e. The number of nitrogens with one attached hydrogen (secondary N) is 1. The maximum atomic E-state index is 10.7. The highest BCUT2D eigenvalue weighted by atomic mass is 16.6. The zero-order chi connectivity index (χ0) is 16.2. The van der Waals surface area contributed by atoms with Crippen LogP contribution in [0.25, 0.3) is 0 Å². The van der Waals surface area contributed by atoms with Gasteiger partial charge in [-0.3, -0.25) is 10.1 Å². The summed E-state index contributed by atoms with van der Waals surface area (Å²) < 4.78 is 5.09. The molecular formula is C16H15N3O3. The molecule has 1 atom stereocenters. The fourth-order valence-corrected chi connectivity index (χ4v) is 2.04. The number of non-ortho nitro benzene ring substituents is 1. The summed E-state index contributed by atoms with van der Waals surface area (Å²) in [5.74, 6) is 0.722. The lowest BCUT2D eigenvalue weighted by atomic mass is 9.93. The molecule has 0 aliphatic heterocycles. The van der Waals surface area contributed by atoms with Crippen LogP contribution in [0.2, 0.25) is 0 Å². The number of benzene rings is 2. The van der Waals surface area contributed by atoms with Crippen molar-refractivity contribution in [2.45, 2.75) is 12.5 Å². The number of rotatable bonds is 5. The van der Waals surface area contributed by atoms with E-state index >= 15 is 0 Å². The lowest BCUT2D eigenvalue weighted by Gasteiger charge is -2.25. The first kappa shape index (κ1) is 15.3. The molecule has 0 saturated carbocycles. The van der Waals surface area contributed by atoms with Crippen molar-refractivity contribution in [2.75, 3.05) is 12.4 Å². The van der Waals surface area contributed by atoms with Gasteiger partial charge in [0, 0.05) is 17.8 Å². The third-order valence-corrected chi connectivity index (χ3v) is 3.36. The Morgan fingerprint density at radius 2 is 1.77 bits per heavy atom. The molecule has 6 heteroatoms. The Hall–Kier alpha value is -3.07. The van der Waals surface area contributed by atoms with Crippen molar-refractivity contribution in [1.29, 1.82) is 5.26 Å². The van der Waals surface area contributed by atoms with Gasteiger partial charge in [0.05, 0.1) is 18.1 Å². The summed E-state index contributed by atoms with van der Waals surface area (Å²) in [5.41, 5.74) is 0.400. The highest BCUT2D eigenvalue weighted by Gasteiger charge is 2.26. The van der Waals surface area contributed by atoms with E-state index in [1.807, 2.05) is 0 Å². The van der Waals surface area contributed by atoms with E-state index < -0.39 is 10.5 Å². The standard InChI is InChI=1S/C16H15N3O3/c1-16(11-17,12-3-7-14(8-4-12)19(20)21)18-13-5-9-15(22-2)10-6-13/h3-10,18H,1-2H3. The molecule has 2 aromatic carbocycles. The van der Waals surface area contributed by atoms with E-state index in [0.29, 0.717) is 5.56 Å². The van der Waals surface area contributed by atoms with Crippen LogP contribution in [0.15, 0.2) is 48.5 Å². The average Bonchev–Trinajstić information content (AvgIpc) is 2.55. The van der Waals surface area contributed by atoms with E-state index in [1.54, 1.807) is 50.4 Å². The Morgan fingerprint density at radius 1 is 1.18 bits per heavy atom. The van der Waals surface area contributed by atoms with E-state index in [9.17, 15) is 15.4 Å². The van der Waals surface area contributed by atoms with Gasteiger partial charge in [-0.05, 0) is 48.9 Å². The van der Waals surface area contributed by atoms with Crippen LogP contribution in [0.1, 0.15) is 12.5 Å². The molecule has 0 saturated heterocycles. The van der Waals surface area contributed by atoms with Gasteiger partial charge in [-0.1, -0.05) is 0 Å². The van der Waals surface area contributed by atoms with Crippen LogP contribution in [-0.2, 0) is 5.54 Å². The molecule has 1 N–H and O–H groups in total. The first-order chi connectivity index (χ1) is 10.5. The Balaban J connectivity index is 2.27. The second-order valence-electron chi connectivity index (χ2n) is 4.89. The lowest BCUT2D eigenvalue weighted by molar-refractivity contribution is -0.384. The van der Waals surface area contributed by atoms with Crippen LogP contribution in [0.5, 0.6) is 5.75 Å².